The van der Waals surface area contributed by atoms with E-state index in [-0.39, 0.29) is 42.4 Å². The van der Waals surface area contributed by atoms with E-state index < -0.39 is 5.51 Å². The van der Waals surface area contributed by atoms with Gasteiger partial charge in [-0.2, -0.15) is 13.2 Å². The van der Waals surface area contributed by atoms with Gasteiger partial charge < -0.3 is 10.2 Å². The van der Waals surface area contributed by atoms with E-state index in [1.54, 1.807) is 11.9 Å². The van der Waals surface area contributed by atoms with Crippen molar-refractivity contribution in [3.8, 4) is 0 Å². The summed E-state index contributed by atoms with van der Waals surface area (Å²) in [5.41, 5.74) is -2.45. The number of carbonyl (C=O) groups excluding carboxylic acids is 1. The van der Waals surface area contributed by atoms with Crippen LogP contribution in [0.5, 0.6) is 0 Å². The van der Waals surface area contributed by atoms with Gasteiger partial charge in [-0.05, 0) is 23.4 Å². The highest BCUT2D eigenvalue weighted by molar-refractivity contribution is 8.00. The Bertz CT molecular complexity index is 493. The summed E-state index contributed by atoms with van der Waals surface area (Å²) in [6, 6.07) is 7.22. The smallest absolute Gasteiger partial charge is 0.315 e. The molecule has 0 spiro atoms. The van der Waals surface area contributed by atoms with E-state index in [4.69, 9.17) is 0 Å². The minimum atomic E-state index is -4.21. The summed E-state index contributed by atoms with van der Waals surface area (Å²) in [6.45, 7) is 0.209. The summed E-state index contributed by atoms with van der Waals surface area (Å²) in [5.74, 6) is -0.101. The van der Waals surface area contributed by atoms with Crippen LogP contribution in [-0.4, -0.2) is 30.8 Å². The van der Waals surface area contributed by atoms with Gasteiger partial charge in [-0.3, -0.25) is 4.79 Å². The Kier molecular flexibility index (Phi) is 4.59. The number of carbonyl (C=O) groups is 1. The molecule has 0 aliphatic carbocycles. The molecule has 7 heteroatoms. The molecule has 0 radical (unpaired) electrons. The lowest BCUT2D eigenvalue weighted by atomic mass is 9.96. The molecule has 0 saturated carbocycles. The standard InChI is InChI=1S/C13H15F3N2OS/c1-18-11-5-3-2-4-9(11)10(8-12(18)19)17-6-7-20-13(14,15)16/h2-5,10,17H,6-8H2,1H3. The minimum absolute atomic E-state index is 0.0373. The normalized spacial score (nSPS) is 19.1. The Morgan fingerprint density at radius 1 is 1.40 bits per heavy atom. The first-order chi connectivity index (χ1) is 9.38. The van der Waals surface area contributed by atoms with Gasteiger partial charge in [-0.25, -0.2) is 0 Å². The molecule has 1 aliphatic heterocycles. The number of nitrogens with zero attached hydrogens (tertiary/aromatic N) is 1. The van der Waals surface area contributed by atoms with Gasteiger partial charge in [0.05, 0.1) is 0 Å². The maximum absolute atomic E-state index is 12.0. The van der Waals surface area contributed by atoms with E-state index in [1.807, 2.05) is 24.3 Å². The lowest BCUT2D eigenvalue weighted by molar-refractivity contribution is -0.119. The molecule has 20 heavy (non-hydrogen) atoms. The third kappa shape index (κ3) is 3.67. The number of fused-ring (bicyclic) bond motifs is 1. The van der Waals surface area contributed by atoms with Crippen LogP contribution in [0.1, 0.15) is 18.0 Å². The van der Waals surface area contributed by atoms with Crippen LogP contribution in [0.3, 0.4) is 0 Å². The number of rotatable bonds is 4. The van der Waals surface area contributed by atoms with Gasteiger partial charge in [0.1, 0.15) is 0 Å². The number of hydrogen-bond donors (Lipinski definition) is 1. The molecule has 0 saturated heterocycles. The second-order valence-electron chi connectivity index (χ2n) is 4.52. The number of thioether (sulfide) groups is 1. The molecule has 110 valence electrons. The average Bonchev–Trinajstić information content (AvgIpc) is 2.39. The van der Waals surface area contributed by atoms with E-state index in [1.165, 1.54) is 0 Å². The molecule has 0 fully saturated rings. The monoisotopic (exact) mass is 304 g/mol. The first kappa shape index (κ1) is 15.2. The van der Waals surface area contributed by atoms with Crippen LogP contribution in [0, 0.1) is 0 Å². The number of hydrogen-bond acceptors (Lipinski definition) is 3. The highest BCUT2D eigenvalue weighted by Crippen LogP contribution is 2.34. The van der Waals surface area contributed by atoms with E-state index >= 15 is 0 Å². The quantitative estimate of drug-likeness (QED) is 0.868. The third-order valence-corrected chi connectivity index (χ3v) is 3.92. The van der Waals surface area contributed by atoms with Crippen molar-refractivity contribution in [1.82, 2.24) is 5.32 Å². The molecule has 1 aromatic rings. The van der Waals surface area contributed by atoms with Crippen molar-refractivity contribution in [2.24, 2.45) is 0 Å². The Labute approximate surface area is 119 Å². The van der Waals surface area contributed by atoms with Gasteiger partial charge in [0.15, 0.2) is 0 Å². The number of para-hydroxylation sites is 1. The van der Waals surface area contributed by atoms with Crippen molar-refractivity contribution in [2.45, 2.75) is 18.0 Å². The zero-order chi connectivity index (χ0) is 14.8. The maximum Gasteiger partial charge on any atom is 0.441 e. The second-order valence-corrected chi connectivity index (χ2v) is 5.68. The van der Waals surface area contributed by atoms with Crippen LogP contribution in [0.2, 0.25) is 0 Å². The first-order valence-corrected chi connectivity index (χ1v) is 7.16. The van der Waals surface area contributed by atoms with Crippen LogP contribution in [-0.2, 0) is 4.79 Å². The highest BCUT2D eigenvalue weighted by atomic mass is 32.2. The molecule has 0 bridgehead atoms. The number of alkyl halides is 3. The molecule has 1 unspecified atom stereocenters. The molecule has 3 nitrogen and oxygen atoms in total. The molecule has 1 N–H and O–H groups in total. The van der Waals surface area contributed by atoms with Gasteiger partial charge in [-0.15, -0.1) is 0 Å². The Hall–Kier alpha value is -1.21. The van der Waals surface area contributed by atoms with E-state index in [0.29, 0.717) is 0 Å². The number of amides is 1. The molecular weight excluding hydrogens is 289 g/mol. The Morgan fingerprint density at radius 3 is 2.80 bits per heavy atom. The Morgan fingerprint density at radius 2 is 2.10 bits per heavy atom. The number of halogens is 3. The molecule has 1 amide bonds. The van der Waals surface area contributed by atoms with Crippen LogP contribution >= 0.6 is 11.8 Å². The highest BCUT2D eigenvalue weighted by Gasteiger charge is 2.30. The van der Waals surface area contributed by atoms with Crippen molar-refractivity contribution in [1.29, 1.82) is 0 Å². The molecule has 0 aromatic heterocycles. The molecule has 1 aromatic carbocycles. The molecular formula is C13H15F3N2OS. The largest absolute Gasteiger partial charge is 0.441 e. The number of anilines is 1. The predicted octanol–water partition coefficient (Wildman–Crippen LogP) is 2.94. The van der Waals surface area contributed by atoms with E-state index in [2.05, 4.69) is 5.32 Å². The van der Waals surface area contributed by atoms with E-state index in [9.17, 15) is 18.0 Å². The van der Waals surface area contributed by atoms with Crippen LogP contribution in [0.4, 0.5) is 18.9 Å². The lowest BCUT2D eigenvalue weighted by Crippen LogP contribution is -2.38. The number of benzene rings is 1. The maximum atomic E-state index is 12.0. The van der Waals surface area contributed by atoms with Crippen LogP contribution in [0.25, 0.3) is 0 Å². The van der Waals surface area contributed by atoms with Crippen molar-refractivity contribution >= 4 is 23.4 Å². The summed E-state index contributed by atoms with van der Waals surface area (Å²) in [6.07, 6.45) is 0.268. The summed E-state index contributed by atoms with van der Waals surface area (Å²) in [4.78, 5) is 13.4. The minimum Gasteiger partial charge on any atom is -0.315 e. The molecule has 1 atom stereocenters. The fourth-order valence-corrected chi connectivity index (χ4v) is 2.68. The lowest BCUT2D eigenvalue weighted by Gasteiger charge is -2.32. The van der Waals surface area contributed by atoms with Crippen molar-refractivity contribution in [3.05, 3.63) is 29.8 Å². The first-order valence-electron chi connectivity index (χ1n) is 6.18. The Balaban J connectivity index is 1.99. The van der Waals surface area contributed by atoms with Crippen molar-refractivity contribution < 1.29 is 18.0 Å². The van der Waals surface area contributed by atoms with Crippen molar-refractivity contribution in [3.63, 3.8) is 0 Å². The van der Waals surface area contributed by atoms with Crippen molar-refractivity contribution in [2.75, 3.05) is 24.2 Å². The molecule has 1 aliphatic rings. The van der Waals surface area contributed by atoms with Gasteiger partial charge in [0.2, 0.25) is 5.91 Å². The molecule has 1 heterocycles. The van der Waals surface area contributed by atoms with Gasteiger partial charge >= 0.3 is 5.51 Å². The fourth-order valence-electron chi connectivity index (χ4n) is 2.23. The summed E-state index contributed by atoms with van der Waals surface area (Å²) < 4.78 is 36.1. The summed E-state index contributed by atoms with van der Waals surface area (Å²) in [7, 11) is 1.71. The second kappa shape index (κ2) is 6.05. The summed E-state index contributed by atoms with van der Waals surface area (Å²) in [5, 5.41) is 3.03. The fraction of sp³-hybridized carbons (Fsp3) is 0.462. The van der Waals surface area contributed by atoms with Crippen LogP contribution in [0.15, 0.2) is 24.3 Å². The van der Waals surface area contributed by atoms with E-state index in [0.717, 1.165) is 11.3 Å². The zero-order valence-electron chi connectivity index (χ0n) is 10.9. The SMILES string of the molecule is CN1C(=O)CC(NCCSC(F)(F)F)c2ccccc21. The average molecular weight is 304 g/mol. The third-order valence-electron chi connectivity index (χ3n) is 3.18. The van der Waals surface area contributed by atoms with Crippen LogP contribution < -0.4 is 10.2 Å². The van der Waals surface area contributed by atoms with Gasteiger partial charge in [0, 0.05) is 37.5 Å². The topological polar surface area (TPSA) is 32.3 Å². The number of nitrogens with one attached hydrogen (secondary N) is 1. The van der Waals surface area contributed by atoms with Gasteiger partial charge in [-0.1, -0.05) is 18.2 Å². The zero-order valence-corrected chi connectivity index (χ0v) is 11.7. The predicted molar refractivity (Wildman–Crippen MR) is 73.7 cm³/mol. The molecule has 2 rings (SSSR count). The summed E-state index contributed by atoms with van der Waals surface area (Å²) >= 11 is -0.0531. The van der Waals surface area contributed by atoms with Gasteiger partial charge in [0.25, 0.3) is 0 Å².